The van der Waals surface area contributed by atoms with Gasteiger partial charge in [0.05, 0.1) is 0 Å². The van der Waals surface area contributed by atoms with Gasteiger partial charge < -0.3 is 38.0 Å². The molecule has 0 aliphatic rings. The Morgan fingerprint density at radius 2 is 0.929 bits per heavy atom. The molecule has 28 heavy (non-hydrogen) atoms. The molecule has 0 saturated carbocycles. The van der Waals surface area contributed by atoms with Crippen LogP contribution in [0, 0.1) is 0 Å². The van der Waals surface area contributed by atoms with Gasteiger partial charge in [0.2, 0.25) is 0 Å². The van der Waals surface area contributed by atoms with Crippen molar-refractivity contribution in [3.8, 4) is 0 Å². The third kappa shape index (κ3) is 5.62. The second-order valence-electron chi connectivity index (χ2n) is 6.22. The molecule has 10 heteroatoms. The fraction of sp³-hybridized carbons (Fsp3) is 1.00. The topological polar surface area (TPSA) is 107 Å². The molecule has 170 valence electrons. The fourth-order valence-electron chi connectivity index (χ4n) is 3.93. The Hall–Kier alpha value is 0.114. The second-order valence-corrected chi connectivity index (χ2v) is 12.5. The largest absolute Gasteiger partial charge is 0.513 e. The first-order valence-electron chi connectivity index (χ1n) is 10.7. The Balaban J connectivity index is 7.02. The van der Waals surface area contributed by atoms with E-state index in [2.05, 4.69) is 0 Å². The molecule has 0 aliphatic heterocycles. The lowest BCUT2D eigenvalue weighted by molar-refractivity contribution is 0.00304. The summed E-state index contributed by atoms with van der Waals surface area (Å²) < 4.78 is 37.2. The summed E-state index contributed by atoms with van der Waals surface area (Å²) in [5, 5.41) is 0. The molecule has 0 aromatic rings. The number of hydrogen-bond donors (Lipinski definition) is 2. The second kappa shape index (κ2) is 14.2. The predicted octanol–water partition coefficient (Wildman–Crippen LogP) is 2.45. The molecule has 4 N–H and O–H groups in total. The molecule has 0 bridgehead atoms. The number of rotatable bonds is 18. The molecule has 8 nitrogen and oxygen atoms in total. The smallest absolute Gasteiger partial charge is 0.373 e. The lowest BCUT2D eigenvalue weighted by atomic mass is 10.1. The summed E-state index contributed by atoms with van der Waals surface area (Å²) in [6.07, 6.45) is 1.13. The zero-order valence-electron chi connectivity index (χ0n) is 19.0. The van der Waals surface area contributed by atoms with Crippen LogP contribution in [0.15, 0.2) is 0 Å². The first-order valence-corrected chi connectivity index (χ1v) is 14.1. The molecule has 0 saturated heterocycles. The van der Waals surface area contributed by atoms with Crippen LogP contribution in [0.4, 0.5) is 0 Å². The third-order valence-electron chi connectivity index (χ3n) is 4.77. The summed E-state index contributed by atoms with van der Waals surface area (Å²) in [5.74, 6) is 0. The molecular formula is C18H44N2O6Si2. The normalized spacial score (nSPS) is 14.5. The van der Waals surface area contributed by atoms with Crippen molar-refractivity contribution < 1.29 is 26.6 Å². The van der Waals surface area contributed by atoms with Crippen LogP contribution in [-0.4, -0.2) is 69.8 Å². The van der Waals surface area contributed by atoms with Crippen molar-refractivity contribution in [2.75, 3.05) is 46.2 Å². The van der Waals surface area contributed by atoms with E-state index in [0.29, 0.717) is 59.0 Å². The fourth-order valence-corrected chi connectivity index (χ4v) is 13.1. The average Bonchev–Trinajstić information content (AvgIpc) is 2.64. The molecule has 0 heterocycles. The van der Waals surface area contributed by atoms with Crippen LogP contribution >= 0.6 is 0 Å². The van der Waals surface area contributed by atoms with Gasteiger partial charge >= 0.3 is 17.6 Å². The van der Waals surface area contributed by atoms with Crippen molar-refractivity contribution in [2.45, 2.75) is 72.0 Å². The van der Waals surface area contributed by atoms with Gasteiger partial charge in [0.25, 0.3) is 0 Å². The van der Waals surface area contributed by atoms with Crippen LogP contribution in [0.25, 0.3) is 0 Å². The van der Waals surface area contributed by atoms with Crippen LogP contribution in [-0.2, 0) is 26.6 Å². The van der Waals surface area contributed by atoms with Gasteiger partial charge in [-0.05, 0) is 60.9 Å². The van der Waals surface area contributed by atoms with Crippen LogP contribution < -0.4 is 11.5 Å². The first kappa shape index (κ1) is 28.1. The summed E-state index contributed by atoms with van der Waals surface area (Å²) in [6.45, 7) is 16.6. The Morgan fingerprint density at radius 3 is 1.11 bits per heavy atom. The van der Waals surface area contributed by atoms with Crippen LogP contribution in [0.5, 0.6) is 0 Å². The molecular weight excluding hydrogens is 396 g/mol. The Labute approximate surface area is 174 Å². The molecule has 0 radical (unpaired) electrons. The van der Waals surface area contributed by atoms with Gasteiger partial charge in [-0.15, -0.1) is 0 Å². The predicted molar refractivity (Wildman–Crippen MR) is 116 cm³/mol. The zero-order valence-corrected chi connectivity index (χ0v) is 21.0. The number of hydrogen-bond acceptors (Lipinski definition) is 8. The van der Waals surface area contributed by atoms with Crippen molar-refractivity contribution in [2.24, 2.45) is 11.5 Å². The highest BCUT2D eigenvalue weighted by Crippen LogP contribution is 2.55. The molecule has 0 rings (SSSR count). The third-order valence-corrected chi connectivity index (χ3v) is 14.3. The summed E-state index contributed by atoms with van der Waals surface area (Å²) in [6, 6.07) is -0.421. The maximum absolute atomic E-state index is 6.84. The van der Waals surface area contributed by atoms with Gasteiger partial charge in [-0.2, -0.15) is 0 Å². The van der Waals surface area contributed by atoms with Gasteiger partial charge in [-0.1, -0.05) is 6.92 Å². The maximum Gasteiger partial charge on any atom is 0.513 e. The van der Waals surface area contributed by atoms with Crippen molar-refractivity contribution in [3.63, 3.8) is 0 Å². The van der Waals surface area contributed by atoms with Crippen LogP contribution in [0.2, 0.25) is 4.66 Å². The van der Waals surface area contributed by atoms with E-state index < -0.39 is 28.3 Å². The molecule has 0 amide bonds. The Kier molecular flexibility index (Phi) is 14.2. The van der Waals surface area contributed by atoms with Crippen molar-refractivity contribution in [3.05, 3.63) is 0 Å². The van der Waals surface area contributed by atoms with Gasteiger partial charge in [-0.25, -0.2) is 0 Å². The number of nitrogens with two attached hydrogens (primary N) is 2. The van der Waals surface area contributed by atoms with E-state index in [1.807, 2.05) is 48.5 Å². The molecule has 1 unspecified atom stereocenters. The highest BCUT2D eigenvalue weighted by atomic mass is 28.5. The van der Waals surface area contributed by atoms with E-state index in [4.69, 9.17) is 38.0 Å². The van der Waals surface area contributed by atoms with E-state index >= 15 is 0 Å². The average molecular weight is 441 g/mol. The SMILES string of the molecule is CCO[Si](OCC)(OCC)C(CC)(C(N)CCN)[Si](OCC)(OCC)OCC. The lowest BCUT2D eigenvalue weighted by Gasteiger charge is -2.53. The summed E-state index contributed by atoms with van der Waals surface area (Å²) in [7, 11) is -6.83. The zero-order chi connectivity index (χ0) is 21.7. The highest BCUT2D eigenvalue weighted by molar-refractivity contribution is 6.85. The van der Waals surface area contributed by atoms with Crippen LogP contribution in [0.3, 0.4) is 0 Å². The minimum absolute atomic E-state index is 0.421. The molecule has 0 spiro atoms. The minimum Gasteiger partial charge on any atom is -0.373 e. The minimum atomic E-state index is -3.42. The van der Waals surface area contributed by atoms with Crippen LogP contribution in [0.1, 0.15) is 61.3 Å². The maximum atomic E-state index is 6.84. The Bertz CT molecular complexity index is 346. The van der Waals surface area contributed by atoms with Crippen molar-refractivity contribution >= 4 is 17.6 Å². The lowest BCUT2D eigenvalue weighted by Crippen LogP contribution is -2.75. The van der Waals surface area contributed by atoms with Gasteiger partial charge in [0.15, 0.2) is 0 Å². The quantitative estimate of drug-likeness (QED) is 0.313. The first-order chi connectivity index (χ1) is 13.4. The van der Waals surface area contributed by atoms with E-state index in [-0.39, 0.29) is 0 Å². The van der Waals surface area contributed by atoms with Crippen molar-refractivity contribution in [1.29, 1.82) is 0 Å². The van der Waals surface area contributed by atoms with Crippen molar-refractivity contribution in [1.82, 2.24) is 0 Å². The van der Waals surface area contributed by atoms with Gasteiger partial charge in [0, 0.05) is 45.7 Å². The van der Waals surface area contributed by atoms with E-state index in [9.17, 15) is 0 Å². The molecule has 0 aliphatic carbocycles. The standard InChI is InChI=1S/C18H44N2O6Si2/c1-8-18(17(20)15-16-19,27(21-9-2,22-10-3)23-11-4)28(24-12-5,25-13-6)26-14-7/h17H,8-16,19-20H2,1-7H3. The van der Waals surface area contributed by atoms with E-state index in [1.54, 1.807) is 0 Å². The summed E-state index contributed by atoms with van der Waals surface area (Å²) >= 11 is 0. The molecule has 0 aromatic heterocycles. The summed E-state index contributed by atoms with van der Waals surface area (Å²) in [4.78, 5) is 0. The van der Waals surface area contributed by atoms with E-state index in [1.165, 1.54) is 0 Å². The van der Waals surface area contributed by atoms with Gasteiger partial charge in [-0.3, -0.25) is 0 Å². The monoisotopic (exact) mass is 440 g/mol. The Morgan fingerprint density at radius 1 is 0.643 bits per heavy atom. The molecule has 1 atom stereocenters. The van der Waals surface area contributed by atoms with Gasteiger partial charge in [0.1, 0.15) is 4.66 Å². The van der Waals surface area contributed by atoms with E-state index in [0.717, 1.165) is 0 Å². The highest BCUT2D eigenvalue weighted by Gasteiger charge is 2.78. The molecule has 0 aromatic carbocycles. The molecule has 0 fully saturated rings. The summed E-state index contributed by atoms with van der Waals surface area (Å²) in [5.41, 5.74) is 12.8.